The van der Waals surface area contributed by atoms with Crippen molar-refractivity contribution in [3.8, 4) is 0 Å². The van der Waals surface area contributed by atoms with Crippen molar-refractivity contribution in [2.45, 2.75) is 56.8 Å². The zero-order chi connectivity index (χ0) is 15.5. The molecule has 0 aliphatic carbocycles. The van der Waals surface area contributed by atoms with Crippen molar-refractivity contribution in [1.29, 1.82) is 0 Å². The van der Waals surface area contributed by atoms with E-state index >= 15 is 0 Å². The lowest BCUT2D eigenvalue weighted by Gasteiger charge is -2.44. The van der Waals surface area contributed by atoms with E-state index in [2.05, 4.69) is 5.32 Å². The number of carboxylic acids is 1. The number of hydrogen-bond acceptors (Lipinski definition) is 4. The van der Waals surface area contributed by atoms with Crippen LogP contribution >= 0.6 is 11.8 Å². The second-order valence-electron chi connectivity index (χ2n) is 6.80. The Balaban J connectivity index is 2.15. The summed E-state index contributed by atoms with van der Waals surface area (Å²) in [6, 6.07) is -1.46. The zero-order valence-corrected chi connectivity index (χ0v) is 13.1. The fraction of sp³-hybridized carbons (Fsp3) is 0.769. The van der Waals surface area contributed by atoms with Crippen LogP contribution in [0.3, 0.4) is 0 Å². The molecule has 2 amide bonds. The third kappa shape index (κ3) is 2.17. The van der Waals surface area contributed by atoms with Gasteiger partial charge in [-0.1, -0.05) is 20.8 Å². The van der Waals surface area contributed by atoms with E-state index < -0.39 is 28.2 Å². The molecule has 20 heavy (non-hydrogen) atoms. The summed E-state index contributed by atoms with van der Waals surface area (Å²) in [5.74, 6) is -1.51. The second kappa shape index (κ2) is 4.38. The second-order valence-corrected chi connectivity index (χ2v) is 8.57. The Kier molecular flexibility index (Phi) is 3.32. The number of fused-ring (bicyclic) bond motifs is 1. The van der Waals surface area contributed by atoms with Crippen molar-refractivity contribution in [1.82, 2.24) is 10.2 Å². The molecule has 0 radical (unpaired) electrons. The van der Waals surface area contributed by atoms with Crippen LogP contribution in [0.5, 0.6) is 0 Å². The van der Waals surface area contributed by atoms with Crippen LogP contribution in [-0.4, -0.2) is 50.0 Å². The van der Waals surface area contributed by atoms with E-state index in [0.29, 0.717) is 0 Å². The van der Waals surface area contributed by atoms with Crippen molar-refractivity contribution < 1.29 is 19.5 Å². The minimum Gasteiger partial charge on any atom is -0.480 e. The number of aliphatic carboxylic acids is 1. The van der Waals surface area contributed by atoms with Crippen LogP contribution < -0.4 is 5.32 Å². The van der Waals surface area contributed by atoms with Crippen LogP contribution in [0, 0.1) is 5.41 Å². The first-order valence-electron chi connectivity index (χ1n) is 6.50. The summed E-state index contributed by atoms with van der Waals surface area (Å²) in [5, 5.41) is 11.7. The van der Waals surface area contributed by atoms with E-state index in [1.807, 2.05) is 13.8 Å². The van der Waals surface area contributed by atoms with Gasteiger partial charge in [-0.15, -0.1) is 11.8 Å². The normalized spacial score (nSPS) is 31.6. The quantitative estimate of drug-likeness (QED) is 0.732. The number of nitrogens with one attached hydrogen (secondary N) is 1. The molecule has 3 unspecified atom stereocenters. The molecule has 6 nitrogen and oxygen atoms in total. The first-order valence-corrected chi connectivity index (χ1v) is 7.38. The van der Waals surface area contributed by atoms with Gasteiger partial charge >= 0.3 is 5.97 Å². The van der Waals surface area contributed by atoms with E-state index in [4.69, 9.17) is 0 Å². The molecule has 2 aliphatic heterocycles. The van der Waals surface area contributed by atoms with Crippen molar-refractivity contribution in [2.24, 2.45) is 5.41 Å². The third-order valence-electron chi connectivity index (χ3n) is 3.64. The van der Waals surface area contributed by atoms with Gasteiger partial charge in [0, 0.05) is 10.2 Å². The molecule has 112 valence electrons. The van der Waals surface area contributed by atoms with Crippen LogP contribution in [0.25, 0.3) is 0 Å². The molecular weight excluding hydrogens is 280 g/mol. The van der Waals surface area contributed by atoms with Crippen molar-refractivity contribution in [3.05, 3.63) is 0 Å². The number of rotatable bonds is 2. The Bertz CT molecular complexity index is 483. The first kappa shape index (κ1) is 15.2. The molecule has 2 fully saturated rings. The molecule has 7 heteroatoms. The lowest BCUT2D eigenvalue weighted by Crippen LogP contribution is -2.71. The minimum absolute atomic E-state index is 0.201. The highest BCUT2D eigenvalue weighted by Gasteiger charge is 2.64. The minimum atomic E-state index is -1.00. The largest absolute Gasteiger partial charge is 0.480 e. The molecule has 2 N–H and O–H groups in total. The molecular formula is C13H20N2O4S. The van der Waals surface area contributed by atoms with Crippen LogP contribution in [-0.2, 0) is 14.4 Å². The number of nitrogens with zero attached hydrogens (tertiary/aromatic N) is 1. The van der Waals surface area contributed by atoms with Gasteiger partial charge in [-0.2, -0.15) is 0 Å². The molecule has 2 aliphatic rings. The maximum Gasteiger partial charge on any atom is 0.327 e. The Hall–Kier alpha value is -1.24. The summed E-state index contributed by atoms with van der Waals surface area (Å²) in [7, 11) is 0. The number of hydrogen-bond donors (Lipinski definition) is 2. The average Bonchev–Trinajstić information content (AvgIpc) is 2.53. The van der Waals surface area contributed by atoms with E-state index in [-0.39, 0.29) is 17.2 Å². The zero-order valence-electron chi connectivity index (χ0n) is 12.3. The van der Waals surface area contributed by atoms with Crippen molar-refractivity contribution >= 4 is 29.5 Å². The van der Waals surface area contributed by atoms with E-state index in [1.165, 1.54) is 16.7 Å². The fourth-order valence-electron chi connectivity index (χ4n) is 2.50. The summed E-state index contributed by atoms with van der Waals surface area (Å²) in [6.45, 7) is 8.94. The standard InChI is InChI=1S/C13H20N2O4S/c1-12(2,3)11(19)14-6-8(16)15-7(10(17)18)13(4,5)20-9(6)15/h6-7,9H,1-5H3,(H,14,19)(H,17,18). The Labute approximate surface area is 122 Å². The van der Waals surface area contributed by atoms with Gasteiger partial charge in [0.05, 0.1) is 0 Å². The third-order valence-corrected chi connectivity index (χ3v) is 5.21. The molecule has 0 spiro atoms. The Morgan fingerprint density at radius 3 is 2.35 bits per heavy atom. The maximum absolute atomic E-state index is 12.1. The summed E-state index contributed by atoms with van der Waals surface area (Å²) >= 11 is 1.43. The molecule has 2 saturated heterocycles. The number of β-lactam (4-membered cyclic amide) rings is 1. The molecule has 0 aromatic rings. The van der Waals surface area contributed by atoms with Gasteiger partial charge in [0.1, 0.15) is 17.5 Å². The van der Waals surface area contributed by atoms with Crippen molar-refractivity contribution in [2.75, 3.05) is 0 Å². The van der Waals surface area contributed by atoms with Gasteiger partial charge in [-0.25, -0.2) is 4.79 Å². The van der Waals surface area contributed by atoms with E-state index in [9.17, 15) is 19.5 Å². The van der Waals surface area contributed by atoms with Gasteiger partial charge in [0.25, 0.3) is 0 Å². The average molecular weight is 300 g/mol. The van der Waals surface area contributed by atoms with Crippen LogP contribution in [0.4, 0.5) is 0 Å². The predicted octanol–water partition coefficient (Wildman–Crippen LogP) is 0.664. The molecule has 0 aromatic carbocycles. The lowest BCUT2D eigenvalue weighted by molar-refractivity contribution is -0.161. The summed E-state index contributed by atoms with van der Waals surface area (Å²) in [6.07, 6.45) is 0. The van der Waals surface area contributed by atoms with Gasteiger partial charge in [0.15, 0.2) is 0 Å². The van der Waals surface area contributed by atoms with Crippen LogP contribution in [0.1, 0.15) is 34.6 Å². The molecule has 2 rings (SSSR count). The van der Waals surface area contributed by atoms with E-state index in [0.717, 1.165) is 0 Å². The number of thioether (sulfide) groups is 1. The van der Waals surface area contributed by atoms with Crippen molar-refractivity contribution in [3.63, 3.8) is 0 Å². The topological polar surface area (TPSA) is 86.7 Å². The molecule has 0 bridgehead atoms. The maximum atomic E-state index is 12.1. The highest BCUT2D eigenvalue weighted by molar-refractivity contribution is 8.01. The molecule has 3 atom stereocenters. The number of amides is 2. The molecule has 2 heterocycles. The summed E-state index contributed by atoms with van der Waals surface area (Å²) in [5.41, 5.74) is -0.578. The highest BCUT2D eigenvalue weighted by atomic mass is 32.2. The molecule has 0 saturated carbocycles. The first-order chi connectivity index (χ1) is 8.97. The molecule has 0 aromatic heterocycles. The smallest absolute Gasteiger partial charge is 0.327 e. The van der Waals surface area contributed by atoms with Gasteiger partial charge in [-0.05, 0) is 13.8 Å². The van der Waals surface area contributed by atoms with Gasteiger partial charge in [0.2, 0.25) is 11.8 Å². The summed E-state index contributed by atoms with van der Waals surface area (Å²) < 4.78 is -0.562. The van der Waals surface area contributed by atoms with Crippen LogP contribution in [0.15, 0.2) is 0 Å². The number of carboxylic acid groups (broad SMARTS) is 1. The van der Waals surface area contributed by atoms with Gasteiger partial charge in [-0.3, -0.25) is 9.59 Å². The number of carbonyl (C=O) groups excluding carboxylic acids is 2. The lowest BCUT2D eigenvalue weighted by atomic mass is 9.92. The summed E-state index contributed by atoms with van der Waals surface area (Å²) in [4.78, 5) is 36.8. The SMILES string of the molecule is CC(C)(C)C(=O)NC1C(=O)N2C1SC(C)(C)C2C(=O)O. The Morgan fingerprint density at radius 2 is 1.90 bits per heavy atom. The Morgan fingerprint density at radius 1 is 1.35 bits per heavy atom. The number of carbonyl (C=O) groups is 3. The monoisotopic (exact) mass is 300 g/mol. The fourth-order valence-corrected chi connectivity index (χ4v) is 4.13. The van der Waals surface area contributed by atoms with Crippen LogP contribution in [0.2, 0.25) is 0 Å². The van der Waals surface area contributed by atoms with Gasteiger partial charge < -0.3 is 15.3 Å². The van der Waals surface area contributed by atoms with E-state index in [1.54, 1.807) is 20.8 Å². The highest BCUT2D eigenvalue weighted by Crippen LogP contribution is 2.50. The predicted molar refractivity (Wildman–Crippen MR) is 75.1 cm³/mol.